The summed E-state index contributed by atoms with van der Waals surface area (Å²) in [6, 6.07) is 15.1. The van der Waals surface area contributed by atoms with Gasteiger partial charge in [0.15, 0.2) is 0 Å². The van der Waals surface area contributed by atoms with Crippen molar-refractivity contribution in [3.05, 3.63) is 72.3 Å². The summed E-state index contributed by atoms with van der Waals surface area (Å²) in [4.78, 5) is 15.9. The predicted molar refractivity (Wildman–Crippen MR) is 93.4 cm³/mol. The van der Waals surface area contributed by atoms with Crippen molar-refractivity contribution in [3.63, 3.8) is 0 Å². The van der Waals surface area contributed by atoms with Crippen molar-refractivity contribution in [2.75, 3.05) is 7.11 Å². The highest BCUT2D eigenvalue weighted by Crippen LogP contribution is 2.16. The van der Waals surface area contributed by atoms with E-state index in [2.05, 4.69) is 20.7 Å². The van der Waals surface area contributed by atoms with Crippen LogP contribution in [0.15, 0.2) is 61.2 Å². The molecule has 7 nitrogen and oxygen atoms in total. The molecule has 0 fully saturated rings. The van der Waals surface area contributed by atoms with Gasteiger partial charge in [-0.1, -0.05) is 30.3 Å². The molecule has 0 aliphatic heterocycles. The number of para-hydroxylation sites is 1. The first-order valence-corrected chi connectivity index (χ1v) is 7.84. The highest BCUT2D eigenvalue weighted by Gasteiger charge is 2.05. The molecule has 0 spiro atoms. The molecule has 0 bridgehead atoms. The van der Waals surface area contributed by atoms with E-state index in [-0.39, 0.29) is 6.03 Å². The SMILES string of the molecule is COc1ccccc1CNC(=O)NCc1ccc(-n2cncn2)cc1. The van der Waals surface area contributed by atoms with Crippen LogP contribution >= 0.6 is 0 Å². The molecule has 2 N–H and O–H groups in total. The van der Waals surface area contributed by atoms with Gasteiger partial charge in [-0.25, -0.2) is 14.5 Å². The molecule has 2 amide bonds. The van der Waals surface area contributed by atoms with Crippen molar-refractivity contribution in [3.8, 4) is 11.4 Å². The second-order valence-corrected chi connectivity index (χ2v) is 5.35. The van der Waals surface area contributed by atoms with Crippen LogP contribution in [0.4, 0.5) is 4.79 Å². The Morgan fingerprint density at radius 1 is 1.08 bits per heavy atom. The number of carbonyl (C=O) groups is 1. The summed E-state index contributed by atoms with van der Waals surface area (Å²) < 4.78 is 6.94. The van der Waals surface area contributed by atoms with Crippen molar-refractivity contribution in [2.45, 2.75) is 13.1 Å². The molecule has 0 aliphatic carbocycles. The van der Waals surface area contributed by atoms with Gasteiger partial charge in [-0.3, -0.25) is 0 Å². The van der Waals surface area contributed by atoms with Gasteiger partial charge < -0.3 is 15.4 Å². The van der Waals surface area contributed by atoms with Gasteiger partial charge in [-0.05, 0) is 23.8 Å². The van der Waals surface area contributed by atoms with E-state index in [4.69, 9.17) is 4.74 Å². The van der Waals surface area contributed by atoms with E-state index in [9.17, 15) is 4.79 Å². The lowest BCUT2D eigenvalue weighted by Crippen LogP contribution is -2.34. The number of nitrogens with zero attached hydrogens (tertiary/aromatic N) is 3. The number of hydrogen-bond acceptors (Lipinski definition) is 4. The first kappa shape index (κ1) is 16.5. The normalized spacial score (nSPS) is 10.3. The Balaban J connectivity index is 1.49. The third-order valence-corrected chi connectivity index (χ3v) is 3.70. The summed E-state index contributed by atoms with van der Waals surface area (Å²) in [6.07, 6.45) is 3.13. The number of ether oxygens (including phenoxy) is 1. The number of carbonyl (C=O) groups excluding carboxylic acids is 1. The van der Waals surface area contributed by atoms with Gasteiger partial charge in [0.05, 0.1) is 12.8 Å². The van der Waals surface area contributed by atoms with Crippen molar-refractivity contribution >= 4 is 6.03 Å². The van der Waals surface area contributed by atoms with E-state index in [1.54, 1.807) is 18.1 Å². The maximum absolute atomic E-state index is 12.0. The lowest BCUT2D eigenvalue weighted by Gasteiger charge is -2.11. The summed E-state index contributed by atoms with van der Waals surface area (Å²) in [5.41, 5.74) is 2.84. The third-order valence-electron chi connectivity index (χ3n) is 3.70. The highest BCUT2D eigenvalue weighted by molar-refractivity contribution is 5.73. The molecule has 7 heteroatoms. The van der Waals surface area contributed by atoms with Gasteiger partial charge in [0.25, 0.3) is 0 Å². The maximum atomic E-state index is 12.0. The van der Waals surface area contributed by atoms with Gasteiger partial charge in [0, 0.05) is 18.7 Å². The van der Waals surface area contributed by atoms with Crippen LogP contribution in [-0.2, 0) is 13.1 Å². The van der Waals surface area contributed by atoms with Crippen LogP contribution in [-0.4, -0.2) is 27.9 Å². The number of methoxy groups -OCH3 is 1. The first-order chi connectivity index (χ1) is 12.3. The zero-order valence-corrected chi connectivity index (χ0v) is 13.8. The number of hydrogen-bond donors (Lipinski definition) is 2. The Labute approximate surface area is 145 Å². The minimum atomic E-state index is -0.230. The van der Waals surface area contributed by atoms with Crippen LogP contribution in [0.5, 0.6) is 5.75 Å². The molecule has 0 radical (unpaired) electrons. The molecular weight excluding hydrogens is 318 g/mol. The number of nitrogens with one attached hydrogen (secondary N) is 2. The molecule has 25 heavy (non-hydrogen) atoms. The summed E-state index contributed by atoms with van der Waals surface area (Å²) in [6.45, 7) is 0.844. The summed E-state index contributed by atoms with van der Waals surface area (Å²) in [7, 11) is 1.61. The van der Waals surface area contributed by atoms with Gasteiger partial charge in [-0.2, -0.15) is 5.10 Å². The summed E-state index contributed by atoms with van der Waals surface area (Å²) >= 11 is 0. The molecular formula is C18H19N5O2. The molecule has 1 aromatic heterocycles. The van der Waals surface area contributed by atoms with E-state index in [1.807, 2.05) is 48.5 Å². The fourth-order valence-electron chi connectivity index (χ4n) is 2.38. The number of aromatic nitrogens is 3. The van der Waals surface area contributed by atoms with Gasteiger partial charge >= 0.3 is 6.03 Å². The Hall–Kier alpha value is -3.35. The van der Waals surface area contributed by atoms with Crippen LogP contribution in [0.25, 0.3) is 5.69 Å². The van der Waals surface area contributed by atoms with E-state index >= 15 is 0 Å². The molecule has 2 aromatic carbocycles. The molecule has 3 aromatic rings. The molecule has 0 saturated heterocycles. The van der Waals surface area contributed by atoms with E-state index in [0.717, 1.165) is 22.6 Å². The number of benzene rings is 2. The fraction of sp³-hybridized carbons (Fsp3) is 0.167. The Morgan fingerprint density at radius 3 is 2.56 bits per heavy atom. The smallest absolute Gasteiger partial charge is 0.315 e. The van der Waals surface area contributed by atoms with Gasteiger partial charge in [0.1, 0.15) is 18.4 Å². The van der Waals surface area contributed by atoms with Crippen molar-refractivity contribution in [1.82, 2.24) is 25.4 Å². The third kappa shape index (κ3) is 4.35. The Kier molecular flexibility index (Phi) is 5.26. The largest absolute Gasteiger partial charge is 0.496 e. The van der Waals surface area contributed by atoms with Crippen LogP contribution < -0.4 is 15.4 Å². The second-order valence-electron chi connectivity index (χ2n) is 5.35. The van der Waals surface area contributed by atoms with E-state index in [0.29, 0.717) is 13.1 Å². The first-order valence-electron chi connectivity index (χ1n) is 7.84. The number of urea groups is 1. The van der Waals surface area contributed by atoms with Crippen molar-refractivity contribution < 1.29 is 9.53 Å². The highest BCUT2D eigenvalue weighted by atomic mass is 16.5. The lowest BCUT2D eigenvalue weighted by atomic mass is 10.2. The van der Waals surface area contributed by atoms with Gasteiger partial charge in [-0.15, -0.1) is 0 Å². The summed E-state index contributed by atoms with van der Waals surface area (Å²) in [5.74, 6) is 0.756. The average Bonchev–Trinajstić information content (AvgIpc) is 3.20. The zero-order valence-electron chi connectivity index (χ0n) is 13.8. The molecule has 0 unspecified atom stereocenters. The van der Waals surface area contributed by atoms with Crippen LogP contribution in [0, 0.1) is 0 Å². The summed E-state index contributed by atoms with van der Waals surface area (Å²) in [5, 5.41) is 9.73. The van der Waals surface area contributed by atoms with Crippen molar-refractivity contribution in [1.29, 1.82) is 0 Å². The van der Waals surface area contributed by atoms with Crippen LogP contribution in [0.3, 0.4) is 0 Å². The second kappa shape index (κ2) is 7.96. The zero-order chi connectivity index (χ0) is 17.5. The van der Waals surface area contributed by atoms with Gasteiger partial charge in [0.2, 0.25) is 0 Å². The average molecular weight is 337 g/mol. The quantitative estimate of drug-likeness (QED) is 0.723. The Bertz CT molecular complexity index is 816. The molecule has 0 atom stereocenters. The maximum Gasteiger partial charge on any atom is 0.315 e. The van der Waals surface area contributed by atoms with Crippen LogP contribution in [0.1, 0.15) is 11.1 Å². The lowest BCUT2D eigenvalue weighted by molar-refractivity contribution is 0.240. The van der Waals surface area contributed by atoms with Crippen molar-refractivity contribution in [2.24, 2.45) is 0 Å². The number of rotatable bonds is 6. The minimum absolute atomic E-state index is 0.230. The molecule has 0 aliphatic rings. The molecule has 3 rings (SSSR count). The number of amides is 2. The van der Waals surface area contributed by atoms with E-state index in [1.165, 1.54) is 6.33 Å². The Morgan fingerprint density at radius 2 is 1.84 bits per heavy atom. The minimum Gasteiger partial charge on any atom is -0.496 e. The van der Waals surface area contributed by atoms with E-state index < -0.39 is 0 Å². The molecule has 1 heterocycles. The monoisotopic (exact) mass is 337 g/mol. The predicted octanol–water partition coefficient (Wildman–Crippen LogP) is 2.28. The molecule has 128 valence electrons. The standard InChI is InChI=1S/C18H19N5O2/c1-25-17-5-3-2-4-15(17)11-21-18(24)20-10-14-6-8-16(9-7-14)23-13-19-12-22-23/h2-9,12-13H,10-11H2,1H3,(H2,20,21,24). The molecule has 0 saturated carbocycles. The van der Waals surface area contributed by atoms with Crippen LogP contribution in [0.2, 0.25) is 0 Å². The fourth-order valence-corrected chi connectivity index (χ4v) is 2.38. The topological polar surface area (TPSA) is 81.1 Å².